The van der Waals surface area contributed by atoms with Crippen LogP contribution < -0.4 is 25.3 Å². The molecule has 0 spiro atoms. The summed E-state index contributed by atoms with van der Waals surface area (Å²) < 4.78 is 22.4. The molecule has 1 heterocycles. The number of hydrogen-bond acceptors (Lipinski definition) is 6. The van der Waals surface area contributed by atoms with Crippen molar-refractivity contribution in [1.29, 1.82) is 0 Å². The number of furan rings is 1. The van der Waals surface area contributed by atoms with E-state index < -0.39 is 11.8 Å². The first-order valence-electron chi connectivity index (χ1n) is 10.1. The Balaban J connectivity index is 1.60. The van der Waals surface area contributed by atoms with E-state index in [1.807, 2.05) is 48.5 Å². The van der Waals surface area contributed by atoms with Gasteiger partial charge in [0.25, 0.3) is 11.8 Å². The molecule has 8 nitrogen and oxygen atoms in total. The molecule has 8 heteroatoms. The van der Waals surface area contributed by atoms with E-state index in [1.54, 1.807) is 24.3 Å². The van der Waals surface area contributed by atoms with Crippen LogP contribution in [0.2, 0.25) is 0 Å². The van der Waals surface area contributed by atoms with Crippen LogP contribution in [0.4, 0.5) is 5.69 Å². The lowest BCUT2D eigenvalue weighted by molar-refractivity contribution is -0.119. The van der Waals surface area contributed by atoms with Crippen LogP contribution in [0.5, 0.6) is 17.2 Å². The lowest BCUT2D eigenvalue weighted by Gasteiger charge is -2.12. The Bertz CT molecular complexity index is 1280. The van der Waals surface area contributed by atoms with E-state index in [-0.39, 0.29) is 24.7 Å². The maximum absolute atomic E-state index is 13.1. The average molecular weight is 446 g/mol. The number of methoxy groups -OCH3 is 1. The standard InChI is InChI=1S/C25H22N2O6/c1-30-21-12-11-16(13-22(21)32-15-23(26)28)27-25(29)24-19(14-31-17-7-3-2-4-8-17)18-9-5-6-10-20(18)33-24/h2-13H,14-15H2,1H3,(H2,26,28)(H,27,29). The predicted octanol–water partition coefficient (Wildman–Crippen LogP) is 4.14. The van der Waals surface area contributed by atoms with Gasteiger partial charge in [0.1, 0.15) is 17.9 Å². The molecule has 33 heavy (non-hydrogen) atoms. The summed E-state index contributed by atoms with van der Waals surface area (Å²) in [5.41, 5.74) is 6.79. The molecule has 0 saturated carbocycles. The van der Waals surface area contributed by atoms with Crippen LogP contribution in [0.25, 0.3) is 11.0 Å². The second-order valence-electron chi connectivity index (χ2n) is 7.08. The minimum absolute atomic E-state index is 0.141. The lowest BCUT2D eigenvalue weighted by atomic mass is 10.1. The first-order valence-corrected chi connectivity index (χ1v) is 10.1. The van der Waals surface area contributed by atoms with Crippen LogP contribution in [0.15, 0.2) is 77.2 Å². The Morgan fingerprint density at radius 3 is 2.45 bits per heavy atom. The normalized spacial score (nSPS) is 10.6. The van der Waals surface area contributed by atoms with Gasteiger partial charge in [0, 0.05) is 22.7 Å². The molecule has 4 rings (SSSR count). The van der Waals surface area contributed by atoms with Gasteiger partial charge in [-0.2, -0.15) is 0 Å². The average Bonchev–Trinajstić information content (AvgIpc) is 3.21. The van der Waals surface area contributed by atoms with Gasteiger partial charge in [0.15, 0.2) is 23.9 Å². The second kappa shape index (κ2) is 9.78. The topological polar surface area (TPSA) is 113 Å². The Kier molecular flexibility index (Phi) is 6.45. The minimum Gasteiger partial charge on any atom is -0.493 e. The van der Waals surface area contributed by atoms with E-state index in [0.717, 1.165) is 5.39 Å². The van der Waals surface area contributed by atoms with Crippen LogP contribution in [0.1, 0.15) is 16.1 Å². The van der Waals surface area contributed by atoms with Gasteiger partial charge in [-0.05, 0) is 30.3 Å². The molecule has 0 atom stereocenters. The van der Waals surface area contributed by atoms with Gasteiger partial charge in [-0.25, -0.2) is 0 Å². The summed E-state index contributed by atoms with van der Waals surface area (Å²) in [7, 11) is 1.47. The molecular weight excluding hydrogens is 424 g/mol. The molecule has 2 amide bonds. The Labute approximate surface area is 189 Å². The van der Waals surface area contributed by atoms with Crippen molar-refractivity contribution in [3.63, 3.8) is 0 Å². The van der Waals surface area contributed by atoms with Crippen LogP contribution in [-0.4, -0.2) is 25.5 Å². The number of anilines is 1. The highest BCUT2D eigenvalue weighted by Crippen LogP contribution is 2.32. The van der Waals surface area contributed by atoms with Crippen LogP contribution in [-0.2, 0) is 11.4 Å². The first-order chi connectivity index (χ1) is 16.0. The quantitative estimate of drug-likeness (QED) is 0.400. The van der Waals surface area contributed by atoms with Gasteiger partial charge in [-0.3, -0.25) is 9.59 Å². The van der Waals surface area contributed by atoms with Gasteiger partial charge < -0.3 is 29.7 Å². The fourth-order valence-corrected chi connectivity index (χ4v) is 3.30. The third kappa shape index (κ3) is 5.07. The zero-order valence-corrected chi connectivity index (χ0v) is 17.9. The molecular formula is C25H22N2O6. The molecule has 0 aliphatic heterocycles. The minimum atomic E-state index is -0.628. The molecule has 0 aliphatic rings. The number of carbonyl (C=O) groups is 2. The van der Waals surface area contributed by atoms with Crippen molar-refractivity contribution < 1.29 is 28.2 Å². The number of nitrogens with two attached hydrogens (primary N) is 1. The third-order valence-electron chi connectivity index (χ3n) is 4.82. The third-order valence-corrected chi connectivity index (χ3v) is 4.82. The summed E-state index contributed by atoms with van der Waals surface area (Å²) in [6.45, 7) is -0.169. The van der Waals surface area contributed by atoms with Crippen molar-refractivity contribution in [2.75, 3.05) is 19.0 Å². The van der Waals surface area contributed by atoms with Crippen molar-refractivity contribution in [2.45, 2.75) is 6.61 Å². The molecule has 1 aromatic heterocycles. The van der Waals surface area contributed by atoms with Crippen molar-refractivity contribution >= 4 is 28.5 Å². The number of rotatable bonds is 9. The summed E-state index contributed by atoms with van der Waals surface area (Å²) >= 11 is 0. The number of primary amides is 1. The zero-order valence-electron chi connectivity index (χ0n) is 17.9. The van der Waals surface area contributed by atoms with Crippen molar-refractivity contribution in [2.24, 2.45) is 5.73 Å². The highest BCUT2D eigenvalue weighted by atomic mass is 16.5. The molecule has 0 fully saturated rings. The zero-order chi connectivity index (χ0) is 23.2. The summed E-state index contributed by atoms with van der Waals surface area (Å²) in [5, 5.41) is 3.59. The summed E-state index contributed by atoms with van der Waals surface area (Å²) in [5.74, 6) is 0.407. The second-order valence-corrected chi connectivity index (χ2v) is 7.08. The Morgan fingerprint density at radius 2 is 1.70 bits per heavy atom. The smallest absolute Gasteiger partial charge is 0.291 e. The molecule has 3 aromatic carbocycles. The number of para-hydroxylation sites is 2. The maximum atomic E-state index is 13.1. The molecule has 0 bridgehead atoms. The molecule has 0 unspecified atom stereocenters. The van der Waals surface area contributed by atoms with E-state index in [1.165, 1.54) is 7.11 Å². The largest absolute Gasteiger partial charge is 0.493 e. The molecule has 0 saturated heterocycles. The number of amides is 2. The van der Waals surface area contributed by atoms with E-state index in [4.69, 9.17) is 24.4 Å². The monoisotopic (exact) mass is 446 g/mol. The number of carbonyl (C=O) groups excluding carboxylic acids is 2. The van der Waals surface area contributed by atoms with E-state index in [0.29, 0.717) is 28.3 Å². The van der Waals surface area contributed by atoms with E-state index in [9.17, 15) is 9.59 Å². The predicted molar refractivity (Wildman–Crippen MR) is 123 cm³/mol. The molecule has 3 N–H and O–H groups in total. The van der Waals surface area contributed by atoms with Crippen molar-refractivity contribution in [3.8, 4) is 17.2 Å². The molecule has 168 valence electrons. The molecule has 0 aliphatic carbocycles. The summed E-state index contributed by atoms with van der Waals surface area (Å²) in [6.07, 6.45) is 0. The number of fused-ring (bicyclic) bond motifs is 1. The Hall–Kier alpha value is -4.46. The SMILES string of the molecule is COc1ccc(NC(=O)c2oc3ccccc3c2COc2ccccc2)cc1OCC(N)=O. The Morgan fingerprint density at radius 1 is 0.939 bits per heavy atom. The summed E-state index contributed by atoms with van der Waals surface area (Å²) in [4.78, 5) is 24.2. The fourth-order valence-electron chi connectivity index (χ4n) is 3.30. The maximum Gasteiger partial charge on any atom is 0.291 e. The van der Waals surface area contributed by atoms with E-state index in [2.05, 4.69) is 5.32 Å². The van der Waals surface area contributed by atoms with Gasteiger partial charge in [-0.1, -0.05) is 36.4 Å². The van der Waals surface area contributed by atoms with Crippen LogP contribution in [0.3, 0.4) is 0 Å². The van der Waals surface area contributed by atoms with Crippen molar-refractivity contribution in [3.05, 3.63) is 84.1 Å². The number of benzene rings is 3. The van der Waals surface area contributed by atoms with Crippen LogP contribution >= 0.6 is 0 Å². The van der Waals surface area contributed by atoms with Crippen LogP contribution in [0, 0.1) is 0 Å². The van der Waals surface area contributed by atoms with Gasteiger partial charge in [0.05, 0.1) is 7.11 Å². The number of hydrogen-bond donors (Lipinski definition) is 2. The molecule has 0 radical (unpaired) electrons. The van der Waals surface area contributed by atoms with E-state index >= 15 is 0 Å². The molecule has 4 aromatic rings. The van der Waals surface area contributed by atoms with Gasteiger partial charge in [0.2, 0.25) is 0 Å². The number of nitrogens with one attached hydrogen (secondary N) is 1. The lowest BCUT2D eigenvalue weighted by Crippen LogP contribution is -2.20. The first kappa shape index (κ1) is 21.8. The van der Waals surface area contributed by atoms with Gasteiger partial charge >= 0.3 is 0 Å². The highest BCUT2D eigenvalue weighted by Gasteiger charge is 2.22. The number of ether oxygens (including phenoxy) is 3. The van der Waals surface area contributed by atoms with Crippen molar-refractivity contribution in [1.82, 2.24) is 0 Å². The van der Waals surface area contributed by atoms with Gasteiger partial charge in [-0.15, -0.1) is 0 Å². The summed E-state index contributed by atoms with van der Waals surface area (Å²) in [6, 6.07) is 21.5. The highest BCUT2D eigenvalue weighted by molar-refractivity contribution is 6.06. The fraction of sp³-hybridized carbons (Fsp3) is 0.120.